The van der Waals surface area contributed by atoms with E-state index < -0.39 is 5.41 Å². The Bertz CT molecular complexity index is 3370. The molecule has 0 aliphatic heterocycles. The summed E-state index contributed by atoms with van der Waals surface area (Å²) < 4.78 is 2.57. The minimum Gasteiger partial charge on any atom is -0.310 e. The molecule has 11 aromatic rings. The molecule has 286 valence electrons. The van der Waals surface area contributed by atoms with Gasteiger partial charge in [0.15, 0.2) is 0 Å². The van der Waals surface area contributed by atoms with Gasteiger partial charge >= 0.3 is 0 Å². The van der Waals surface area contributed by atoms with Gasteiger partial charge in [0.05, 0.1) is 11.1 Å². The van der Waals surface area contributed by atoms with Crippen molar-refractivity contribution in [3.63, 3.8) is 0 Å². The summed E-state index contributed by atoms with van der Waals surface area (Å²) in [4.78, 5) is 2.51. The highest BCUT2D eigenvalue weighted by Crippen LogP contribution is 2.57. The molecule has 2 heteroatoms. The lowest BCUT2D eigenvalue weighted by Gasteiger charge is -2.35. The summed E-state index contributed by atoms with van der Waals surface area (Å²) in [5.41, 5.74) is 15.3. The van der Waals surface area contributed by atoms with Gasteiger partial charge in [-0.1, -0.05) is 194 Å². The first-order valence-electron chi connectivity index (χ1n) is 21.0. The Morgan fingerprint density at radius 2 is 0.934 bits per heavy atom. The molecule has 0 unspecified atom stereocenters. The fraction of sp³-hybridized carbons (Fsp3) is 0.0169. The van der Waals surface area contributed by atoms with Crippen LogP contribution in [0.1, 0.15) is 22.3 Å². The Morgan fingerprint density at radius 1 is 0.361 bits per heavy atom. The topological polar surface area (TPSA) is 3.24 Å². The lowest BCUT2D eigenvalue weighted by atomic mass is 9.67. The molecule has 0 saturated heterocycles. The van der Waals surface area contributed by atoms with Crippen LogP contribution in [0.25, 0.3) is 64.3 Å². The predicted octanol–water partition coefficient (Wildman–Crippen LogP) is 16.4. The molecule has 0 amide bonds. The van der Waals surface area contributed by atoms with E-state index in [0.29, 0.717) is 0 Å². The van der Waals surface area contributed by atoms with Crippen molar-refractivity contribution in [3.8, 4) is 33.4 Å². The van der Waals surface area contributed by atoms with Gasteiger partial charge in [0.2, 0.25) is 0 Å². The van der Waals surface area contributed by atoms with Crippen LogP contribution in [0, 0.1) is 0 Å². The summed E-state index contributed by atoms with van der Waals surface area (Å²) in [7, 11) is 0. The molecule has 0 radical (unpaired) electrons. The molecule has 12 rings (SSSR count). The molecule has 0 fully saturated rings. The molecular formula is C59H39NS. The summed E-state index contributed by atoms with van der Waals surface area (Å²) >= 11 is 1.87. The van der Waals surface area contributed by atoms with Gasteiger partial charge in [-0.2, -0.15) is 0 Å². The van der Waals surface area contributed by atoms with Crippen LogP contribution >= 0.6 is 11.3 Å². The fourth-order valence-corrected chi connectivity index (χ4v) is 11.3. The van der Waals surface area contributed by atoms with Crippen molar-refractivity contribution in [2.24, 2.45) is 0 Å². The molecule has 0 spiro atoms. The van der Waals surface area contributed by atoms with Crippen LogP contribution in [0.2, 0.25) is 0 Å². The summed E-state index contributed by atoms with van der Waals surface area (Å²) in [5.74, 6) is 0. The maximum Gasteiger partial charge on any atom is 0.0714 e. The smallest absolute Gasteiger partial charge is 0.0714 e. The third-order valence-corrected chi connectivity index (χ3v) is 13.9. The van der Waals surface area contributed by atoms with Gasteiger partial charge < -0.3 is 4.90 Å². The molecule has 1 aromatic heterocycles. The van der Waals surface area contributed by atoms with Gasteiger partial charge in [0.1, 0.15) is 0 Å². The van der Waals surface area contributed by atoms with E-state index in [1.807, 2.05) is 11.3 Å². The van der Waals surface area contributed by atoms with E-state index in [1.54, 1.807) is 0 Å². The highest BCUT2D eigenvalue weighted by Gasteiger charge is 2.46. The summed E-state index contributed by atoms with van der Waals surface area (Å²) in [6.07, 6.45) is 0. The van der Waals surface area contributed by atoms with Crippen LogP contribution in [-0.2, 0) is 5.41 Å². The van der Waals surface area contributed by atoms with Crippen LogP contribution < -0.4 is 4.90 Å². The Labute approximate surface area is 360 Å². The molecule has 1 aliphatic carbocycles. The molecule has 10 aromatic carbocycles. The van der Waals surface area contributed by atoms with E-state index in [-0.39, 0.29) is 0 Å². The zero-order chi connectivity index (χ0) is 40.3. The number of fused-ring (bicyclic) bond motifs is 7. The number of hydrogen-bond acceptors (Lipinski definition) is 2. The lowest BCUT2D eigenvalue weighted by molar-refractivity contribution is 0.768. The van der Waals surface area contributed by atoms with Crippen molar-refractivity contribution in [1.82, 2.24) is 0 Å². The molecular weight excluding hydrogens is 755 g/mol. The average Bonchev–Trinajstić information content (AvgIpc) is 3.87. The van der Waals surface area contributed by atoms with Crippen molar-refractivity contribution in [2.45, 2.75) is 5.41 Å². The third-order valence-electron chi connectivity index (χ3n) is 12.8. The van der Waals surface area contributed by atoms with E-state index >= 15 is 0 Å². The van der Waals surface area contributed by atoms with E-state index in [4.69, 9.17) is 0 Å². The van der Waals surface area contributed by atoms with Crippen LogP contribution in [0.4, 0.5) is 17.1 Å². The highest BCUT2D eigenvalue weighted by atomic mass is 32.1. The number of hydrogen-bond donors (Lipinski definition) is 0. The number of thiophene rings is 1. The van der Waals surface area contributed by atoms with E-state index in [9.17, 15) is 0 Å². The van der Waals surface area contributed by atoms with Crippen molar-refractivity contribution < 1.29 is 0 Å². The minimum absolute atomic E-state index is 0.529. The Hall–Kier alpha value is -7.52. The van der Waals surface area contributed by atoms with Crippen LogP contribution in [0.15, 0.2) is 237 Å². The molecule has 1 heterocycles. The quantitative estimate of drug-likeness (QED) is 0.155. The normalized spacial score (nSPS) is 12.7. The zero-order valence-electron chi connectivity index (χ0n) is 33.4. The third kappa shape index (κ3) is 5.53. The Morgan fingerprint density at radius 3 is 1.70 bits per heavy atom. The lowest BCUT2D eigenvalue weighted by Crippen LogP contribution is -2.28. The van der Waals surface area contributed by atoms with E-state index in [0.717, 1.165) is 17.1 Å². The second-order valence-electron chi connectivity index (χ2n) is 16.0. The van der Waals surface area contributed by atoms with Gasteiger partial charge in [-0.3, -0.25) is 0 Å². The molecule has 1 nitrogen and oxygen atoms in total. The van der Waals surface area contributed by atoms with Gasteiger partial charge in [0, 0.05) is 37.1 Å². The van der Waals surface area contributed by atoms with Crippen molar-refractivity contribution in [1.29, 1.82) is 0 Å². The highest BCUT2D eigenvalue weighted by molar-refractivity contribution is 7.26. The van der Waals surface area contributed by atoms with Crippen molar-refractivity contribution >= 4 is 59.3 Å². The van der Waals surface area contributed by atoms with Crippen molar-refractivity contribution in [3.05, 3.63) is 259 Å². The van der Waals surface area contributed by atoms with Crippen molar-refractivity contribution in [2.75, 3.05) is 4.90 Å². The summed E-state index contributed by atoms with van der Waals surface area (Å²) in [6.45, 7) is 0. The van der Waals surface area contributed by atoms with Crippen LogP contribution in [0.3, 0.4) is 0 Å². The first-order chi connectivity index (χ1) is 30.3. The number of benzene rings is 10. The van der Waals surface area contributed by atoms with Gasteiger partial charge in [-0.05, 0) is 103 Å². The SMILES string of the molecule is c1ccc(-c2ccc(N(c3cccc(C4(c5ccccc5)c5ccccc5-c5ccccc54)c3)c3ccc4sc5ccccc5c4c3-c3cccc4ccccc34)cc2)cc1. The molecule has 0 bridgehead atoms. The van der Waals surface area contributed by atoms with Crippen LogP contribution in [-0.4, -0.2) is 0 Å². The number of anilines is 3. The van der Waals surface area contributed by atoms with Gasteiger partial charge in [0.25, 0.3) is 0 Å². The first kappa shape index (κ1) is 35.4. The second-order valence-corrected chi connectivity index (χ2v) is 17.0. The largest absolute Gasteiger partial charge is 0.310 e. The van der Waals surface area contributed by atoms with E-state index in [2.05, 4.69) is 241 Å². The first-order valence-corrected chi connectivity index (χ1v) is 21.8. The zero-order valence-corrected chi connectivity index (χ0v) is 34.2. The monoisotopic (exact) mass is 793 g/mol. The molecule has 0 N–H and O–H groups in total. The molecule has 1 aliphatic rings. The standard InChI is InChI=1S/C59H39NS/c1-3-17-40(18-4-1)41-33-35-45(36-34-41)60(54-37-38-56-58(51-28-11-14-32-55(51)61-56)57(54)50-29-15-20-42-19-7-8-25-47(42)50)46-24-16-23-44(39-46)59(43-21-5-2-6-22-43)52-30-12-9-26-48(52)49-27-10-13-31-53(49)59/h1-39H. The maximum atomic E-state index is 2.51. The minimum atomic E-state index is -0.529. The Kier molecular flexibility index (Phi) is 8.33. The summed E-state index contributed by atoms with van der Waals surface area (Å²) in [6, 6.07) is 87.4. The van der Waals surface area contributed by atoms with E-state index in [1.165, 1.54) is 86.6 Å². The summed E-state index contributed by atoms with van der Waals surface area (Å²) in [5, 5.41) is 5.04. The van der Waals surface area contributed by atoms with Crippen LogP contribution in [0.5, 0.6) is 0 Å². The Balaban J connectivity index is 1.17. The molecule has 0 atom stereocenters. The fourth-order valence-electron chi connectivity index (χ4n) is 10.2. The van der Waals surface area contributed by atoms with Gasteiger partial charge in [-0.15, -0.1) is 11.3 Å². The predicted molar refractivity (Wildman–Crippen MR) is 260 cm³/mol. The van der Waals surface area contributed by atoms with Gasteiger partial charge in [-0.25, -0.2) is 0 Å². The average molecular weight is 794 g/mol. The maximum absolute atomic E-state index is 2.51. The molecule has 0 saturated carbocycles. The molecule has 61 heavy (non-hydrogen) atoms. The number of nitrogens with zero attached hydrogens (tertiary/aromatic N) is 1. The second kappa shape index (κ2) is 14.3. The number of rotatable bonds is 7.